The maximum Gasteiger partial charge on any atom is 0.328 e. The average Bonchev–Trinajstić information content (AvgIpc) is 3.00. The number of halogens is 1. The summed E-state index contributed by atoms with van der Waals surface area (Å²) in [6, 6.07) is 3.93. The molecule has 1 aromatic rings. The van der Waals surface area contributed by atoms with E-state index in [1.54, 1.807) is 4.90 Å². The minimum absolute atomic E-state index is 0.0984. The summed E-state index contributed by atoms with van der Waals surface area (Å²) in [4.78, 5) is 40.4. The van der Waals surface area contributed by atoms with Gasteiger partial charge in [0.25, 0.3) is 5.91 Å². The first-order valence-corrected chi connectivity index (χ1v) is 9.66. The highest BCUT2D eigenvalue weighted by molar-refractivity contribution is 5.97. The third-order valence-corrected chi connectivity index (χ3v) is 6.17. The molecule has 1 aliphatic carbocycles. The van der Waals surface area contributed by atoms with Crippen LogP contribution in [0, 0.1) is 11.7 Å². The normalized spacial score (nSPS) is 24.2. The van der Waals surface area contributed by atoms with E-state index in [1.807, 2.05) is 0 Å². The van der Waals surface area contributed by atoms with Crippen LogP contribution in [0.1, 0.15) is 42.5 Å². The van der Waals surface area contributed by atoms with Gasteiger partial charge in [-0.05, 0) is 37.1 Å². The monoisotopic (exact) mass is 390 g/mol. The zero-order valence-electron chi connectivity index (χ0n) is 15.5. The van der Waals surface area contributed by atoms with Gasteiger partial charge in [-0.2, -0.15) is 0 Å². The van der Waals surface area contributed by atoms with Crippen LogP contribution in [-0.4, -0.2) is 64.2 Å². The van der Waals surface area contributed by atoms with E-state index in [9.17, 15) is 23.9 Å². The van der Waals surface area contributed by atoms with Crippen molar-refractivity contribution >= 4 is 17.8 Å². The molecule has 0 bridgehead atoms. The third-order valence-electron chi connectivity index (χ3n) is 6.17. The van der Waals surface area contributed by atoms with Gasteiger partial charge in [-0.1, -0.05) is 6.42 Å². The molecule has 7 nitrogen and oxygen atoms in total. The minimum Gasteiger partial charge on any atom is -0.480 e. The number of piperidine rings is 1. The summed E-state index contributed by atoms with van der Waals surface area (Å²) in [6.07, 6.45) is 3.66. The fourth-order valence-corrected chi connectivity index (χ4v) is 4.28. The molecule has 150 valence electrons. The Morgan fingerprint density at radius 1 is 1.11 bits per heavy atom. The Hall–Kier alpha value is -2.48. The van der Waals surface area contributed by atoms with Crippen LogP contribution in [0.5, 0.6) is 0 Å². The zero-order chi connectivity index (χ0) is 19.9. The van der Waals surface area contributed by atoms with Gasteiger partial charge >= 0.3 is 5.97 Å². The second kappa shape index (κ2) is 7.16. The largest absolute Gasteiger partial charge is 0.480 e. The Balaban J connectivity index is 1.55. The van der Waals surface area contributed by atoms with Crippen molar-refractivity contribution in [1.82, 2.24) is 9.80 Å². The second-order valence-corrected chi connectivity index (χ2v) is 7.75. The molecule has 2 saturated heterocycles. The fraction of sp³-hybridized carbons (Fsp3) is 0.550. The van der Waals surface area contributed by atoms with Crippen LogP contribution in [0.25, 0.3) is 0 Å². The lowest BCUT2D eigenvalue weighted by Crippen LogP contribution is -2.59. The van der Waals surface area contributed by atoms with E-state index in [0.717, 1.165) is 19.3 Å². The van der Waals surface area contributed by atoms with Gasteiger partial charge in [0.05, 0.1) is 6.61 Å². The van der Waals surface area contributed by atoms with Crippen LogP contribution in [0.3, 0.4) is 0 Å². The number of rotatable bonds is 3. The van der Waals surface area contributed by atoms with Gasteiger partial charge in [-0.3, -0.25) is 14.5 Å². The molecule has 1 aromatic carbocycles. The van der Waals surface area contributed by atoms with E-state index in [0.29, 0.717) is 25.9 Å². The Labute approximate surface area is 162 Å². The van der Waals surface area contributed by atoms with Gasteiger partial charge < -0.3 is 14.7 Å². The van der Waals surface area contributed by atoms with Crippen LogP contribution in [0.15, 0.2) is 24.3 Å². The van der Waals surface area contributed by atoms with E-state index in [2.05, 4.69) is 0 Å². The molecule has 0 radical (unpaired) electrons. The smallest absolute Gasteiger partial charge is 0.328 e. The van der Waals surface area contributed by atoms with Crippen molar-refractivity contribution in [2.45, 2.75) is 43.9 Å². The predicted molar refractivity (Wildman–Crippen MR) is 95.8 cm³/mol. The molecular weight excluding hydrogens is 367 g/mol. The summed E-state index contributed by atoms with van der Waals surface area (Å²) in [5.41, 5.74) is -0.837. The highest BCUT2D eigenvalue weighted by Gasteiger charge is 2.54. The molecular formula is C20H23FN2O5. The standard InChI is InChI=1S/C20H23FN2O5/c21-15-6-4-14(5-7-15)18(25)23-16(19(26)27)12-28-20(23)8-10-22(11-9-20)17(24)13-2-1-3-13/h4-7,13,16H,1-3,8-12H2,(H,26,27)/t16-/m1/s1. The van der Waals surface area contributed by atoms with E-state index in [4.69, 9.17) is 4.74 Å². The Kier molecular flexibility index (Phi) is 4.82. The lowest BCUT2D eigenvalue weighted by molar-refractivity contribution is -0.151. The summed E-state index contributed by atoms with van der Waals surface area (Å²) in [5.74, 6) is -1.86. The molecule has 8 heteroatoms. The number of hydrogen-bond donors (Lipinski definition) is 1. The highest BCUT2D eigenvalue weighted by atomic mass is 19.1. The first-order chi connectivity index (χ1) is 13.4. The number of ether oxygens (including phenoxy) is 1. The van der Waals surface area contributed by atoms with Crippen molar-refractivity contribution in [3.63, 3.8) is 0 Å². The maximum atomic E-state index is 13.2. The quantitative estimate of drug-likeness (QED) is 0.851. The molecule has 2 heterocycles. The molecule has 2 amide bonds. The van der Waals surface area contributed by atoms with Crippen LogP contribution >= 0.6 is 0 Å². The van der Waals surface area contributed by atoms with E-state index in [1.165, 1.54) is 29.2 Å². The number of carbonyl (C=O) groups is 3. The molecule has 1 saturated carbocycles. The van der Waals surface area contributed by atoms with E-state index >= 15 is 0 Å². The van der Waals surface area contributed by atoms with Crippen LogP contribution in [-0.2, 0) is 14.3 Å². The Morgan fingerprint density at radius 3 is 2.29 bits per heavy atom. The lowest BCUT2D eigenvalue weighted by atomic mass is 9.83. The van der Waals surface area contributed by atoms with Crippen molar-refractivity contribution in [1.29, 1.82) is 0 Å². The number of amides is 2. The highest BCUT2D eigenvalue weighted by Crippen LogP contribution is 2.39. The molecule has 28 heavy (non-hydrogen) atoms. The number of hydrogen-bond acceptors (Lipinski definition) is 4. The van der Waals surface area contributed by atoms with Crippen LogP contribution < -0.4 is 0 Å². The van der Waals surface area contributed by atoms with Gasteiger partial charge in [0.2, 0.25) is 5.91 Å². The zero-order valence-corrected chi connectivity index (χ0v) is 15.5. The summed E-state index contributed by atoms with van der Waals surface area (Å²) in [7, 11) is 0. The van der Waals surface area contributed by atoms with Gasteiger partial charge in [0.1, 0.15) is 11.5 Å². The summed E-state index contributed by atoms with van der Waals surface area (Å²) in [5, 5.41) is 9.59. The number of carboxylic acids is 1. The fourth-order valence-electron chi connectivity index (χ4n) is 4.28. The topological polar surface area (TPSA) is 87.2 Å². The average molecular weight is 390 g/mol. The van der Waals surface area contributed by atoms with Gasteiger partial charge in [-0.25, -0.2) is 9.18 Å². The van der Waals surface area contributed by atoms with Gasteiger partial charge in [0, 0.05) is 37.4 Å². The van der Waals surface area contributed by atoms with E-state index in [-0.39, 0.29) is 24.0 Å². The Morgan fingerprint density at radius 2 is 1.75 bits per heavy atom. The molecule has 1 spiro atoms. The van der Waals surface area contributed by atoms with Gasteiger partial charge in [-0.15, -0.1) is 0 Å². The molecule has 1 atom stereocenters. The number of carboxylic acid groups (broad SMARTS) is 1. The van der Waals surface area contributed by atoms with Crippen molar-refractivity contribution < 1.29 is 28.6 Å². The Bertz CT molecular complexity index is 784. The van der Waals surface area contributed by atoms with Gasteiger partial charge in [0.15, 0.2) is 6.04 Å². The minimum atomic E-state index is -1.14. The first-order valence-electron chi connectivity index (χ1n) is 9.66. The van der Waals surface area contributed by atoms with E-state index < -0.39 is 29.5 Å². The molecule has 1 N–H and O–H groups in total. The first kappa shape index (κ1) is 18.9. The molecule has 2 aliphatic heterocycles. The molecule has 0 unspecified atom stereocenters. The summed E-state index contributed by atoms with van der Waals surface area (Å²) < 4.78 is 19.1. The predicted octanol–water partition coefficient (Wildman–Crippen LogP) is 1.87. The number of likely N-dealkylation sites (tertiary alicyclic amines) is 1. The van der Waals surface area contributed by atoms with Crippen molar-refractivity contribution in [3.05, 3.63) is 35.6 Å². The number of nitrogens with zero attached hydrogens (tertiary/aromatic N) is 2. The summed E-state index contributed by atoms with van der Waals surface area (Å²) in [6.45, 7) is 0.753. The van der Waals surface area contributed by atoms with Crippen molar-refractivity contribution in [2.75, 3.05) is 19.7 Å². The molecule has 0 aromatic heterocycles. The molecule has 4 rings (SSSR count). The number of carbonyl (C=O) groups excluding carboxylic acids is 2. The number of aliphatic carboxylic acids is 1. The molecule has 3 aliphatic rings. The third kappa shape index (κ3) is 3.15. The second-order valence-electron chi connectivity index (χ2n) is 7.75. The van der Waals surface area contributed by atoms with Crippen molar-refractivity contribution in [3.8, 4) is 0 Å². The molecule has 3 fully saturated rings. The summed E-state index contributed by atoms with van der Waals surface area (Å²) >= 11 is 0. The van der Waals surface area contributed by atoms with Crippen LogP contribution in [0.4, 0.5) is 4.39 Å². The maximum absolute atomic E-state index is 13.2. The van der Waals surface area contributed by atoms with Crippen molar-refractivity contribution in [2.24, 2.45) is 5.92 Å². The SMILES string of the molecule is O=C(O)[C@H]1COC2(CCN(C(=O)C3CCC3)CC2)N1C(=O)c1ccc(F)cc1. The number of benzene rings is 1. The van der Waals surface area contributed by atoms with Crippen LogP contribution in [0.2, 0.25) is 0 Å². The lowest BCUT2D eigenvalue weighted by Gasteiger charge is -2.45.